The second-order valence-electron chi connectivity index (χ2n) is 6.17. The first-order valence-corrected chi connectivity index (χ1v) is 7.12. The topological polar surface area (TPSA) is 15.3 Å². The number of hydrogen-bond donors (Lipinski definition) is 1. The first-order valence-electron chi connectivity index (χ1n) is 7.12. The zero-order valence-corrected chi connectivity index (χ0v) is 12.2. The third kappa shape index (κ3) is 2.86. The molecule has 18 heavy (non-hydrogen) atoms. The highest BCUT2D eigenvalue weighted by molar-refractivity contribution is 5.55. The highest BCUT2D eigenvalue weighted by Crippen LogP contribution is 2.28. The lowest BCUT2D eigenvalue weighted by atomic mass is 9.98. The molecule has 1 atom stereocenters. The van der Waals surface area contributed by atoms with E-state index in [9.17, 15) is 0 Å². The Morgan fingerprint density at radius 3 is 2.72 bits per heavy atom. The summed E-state index contributed by atoms with van der Waals surface area (Å²) in [7, 11) is 0. The van der Waals surface area contributed by atoms with Gasteiger partial charge in [-0.05, 0) is 30.9 Å². The molecule has 0 aromatic heterocycles. The van der Waals surface area contributed by atoms with Gasteiger partial charge in [0.1, 0.15) is 0 Å². The lowest BCUT2D eigenvalue weighted by molar-refractivity contribution is 0.346. The molecular formula is C16H26N2. The van der Waals surface area contributed by atoms with E-state index in [4.69, 9.17) is 0 Å². The van der Waals surface area contributed by atoms with Gasteiger partial charge in [0.2, 0.25) is 0 Å². The Morgan fingerprint density at radius 1 is 1.33 bits per heavy atom. The number of fused-ring (bicyclic) bond motifs is 1. The highest BCUT2D eigenvalue weighted by atomic mass is 15.2. The lowest BCUT2D eigenvalue weighted by Crippen LogP contribution is -2.49. The van der Waals surface area contributed by atoms with E-state index in [1.54, 1.807) is 0 Å². The maximum atomic E-state index is 3.73. The zero-order chi connectivity index (χ0) is 13.2. The van der Waals surface area contributed by atoms with Gasteiger partial charge in [0.05, 0.1) is 0 Å². The molecule has 2 nitrogen and oxygen atoms in total. The average Bonchev–Trinajstić information content (AvgIpc) is 2.48. The number of nitrogens with zero attached hydrogens (tertiary/aromatic N) is 1. The van der Waals surface area contributed by atoms with Crippen molar-refractivity contribution in [3.63, 3.8) is 0 Å². The van der Waals surface area contributed by atoms with Crippen molar-refractivity contribution < 1.29 is 0 Å². The van der Waals surface area contributed by atoms with Crippen molar-refractivity contribution >= 4 is 5.69 Å². The molecule has 1 N–H and O–H groups in total. The van der Waals surface area contributed by atoms with E-state index in [-0.39, 0.29) is 5.54 Å². The van der Waals surface area contributed by atoms with Gasteiger partial charge in [0.15, 0.2) is 0 Å². The maximum Gasteiger partial charge on any atom is 0.0412 e. The molecule has 0 spiro atoms. The molecule has 1 heterocycles. The molecule has 2 heteroatoms. The van der Waals surface area contributed by atoms with E-state index >= 15 is 0 Å². The standard InChI is InChI=1S/C16H26N2/c1-5-16(4)12-18(11-13(2)3)15-9-7-6-8-14(15)10-17-16/h6-9,13,17H,5,10-12H2,1-4H3. The molecular weight excluding hydrogens is 220 g/mol. The summed E-state index contributed by atoms with van der Waals surface area (Å²) in [5, 5.41) is 3.73. The van der Waals surface area contributed by atoms with Crippen LogP contribution in [0.4, 0.5) is 5.69 Å². The molecule has 1 aliphatic rings. The van der Waals surface area contributed by atoms with Crippen LogP contribution in [0.2, 0.25) is 0 Å². The summed E-state index contributed by atoms with van der Waals surface area (Å²) < 4.78 is 0. The van der Waals surface area contributed by atoms with E-state index in [0.717, 1.165) is 26.1 Å². The molecule has 1 aliphatic heterocycles. The van der Waals surface area contributed by atoms with Crippen LogP contribution < -0.4 is 10.2 Å². The van der Waals surface area contributed by atoms with E-state index in [1.165, 1.54) is 11.3 Å². The molecule has 0 radical (unpaired) electrons. The Balaban J connectivity index is 2.32. The third-order valence-electron chi connectivity index (χ3n) is 3.94. The highest BCUT2D eigenvalue weighted by Gasteiger charge is 2.29. The first kappa shape index (κ1) is 13.4. The van der Waals surface area contributed by atoms with Crippen LogP contribution in [0.5, 0.6) is 0 Å². The van der Waals surface area contributed by atoms with Crippen molar-refractivity contribution in [2.24, 2.45) is 5.92 Å². The summed E-state index contributed by atoms with van der Waals surface area (Å²) in [5.41, 5.74) is 3.06. The molecule has 0 bridgehead atoms. The molecule has 0 fully saturated rings. The minimum Gasteiger partial charge on any atom is -0.369 e. The lowest BCUT2D eigenvalue weighted by Gasteiger charge is -2.35. The fourth-order valence-corrected chi connectivity index (χ4v) is 2.68. The Morgan fingerprint density at radius 2 is 2.06 bits per heavy atom. The van der Waals surface area contributed by atoms with E-state index < -0.39 is 0 Å². The molecule has 2 rings (SSSR count). The Kier molecular flexibility index (Phi) is 3.96. The van der Waals surface area contributed by atoms with Crippen molar-refractivity contribution in [2.75, 3.05) is 18.0 Å². The van der Waals surface area contributed by atoms with Gasteiger partial charge in [-0.1, -0.05) is 39.0 Å². The summed E-state index contributed by atoms with van der Waals surface area (Å²) in [6.07, 6.45) is 1.16. The number of benzene rings is 1. The number of nitrogens with one attached hydrogen (secondary N) is 1. The molecule has 1 unspecified atom stereocenters. The fraction of sp³-hybridized carbons (Fsp3) is 0.625. The van der Waals surface area contributed by atoms with Crippen LogP contribution >= 0.6 is 0 Å². The van der Waals surface area contributed by atoms with Crippen LogP contribution in [-0.4, -0.2) is 18.6 Å². The van der Waals surface area contributed by atoms with Crippen LogP contribution in [0.25, 0.3) is 0 Å². The van der Waals surface area contributed by atoms with E-state index in [0.29, 0.717) is 5.92 Å². The normalized spacial score (nSPS) is 23.9. The molecule has 100 valence electrons. The van der Waals surface area contributed by atoms with Gasteiger partial charge in [-0.2, -0.15) is 0 Å². The van der Waals surface area contributed by atoms with Crippen molar-refractivity contribution in [3.8, 4) is 0 Å². The molecule has 1 aromatic rings. The van der Waals surface area contributed by atoms with Gasteiger partial charge in [-0.25, -0.2) is 0 Å². The minimum atomic E-state index is 0.216. The smallest absolute Gasteiger partial charge is 0.0412 e. The number of anilines is 1. The van der Waals surface area contributed by atoms with Crippen molar-refractivity contribution in [3.05, 3.63) is 29.8 Å². The molecule has 1 aromatic carbocycles. The van der Waals surface area contributed by atoms with Gasteiger partial charge < -0.3 is 10.2 Å². The second-order valence-corrected chi connectivity index (χ2v) is 6.17. The van der Waals surface area contributed by atoms with Crippen molar-refractivity contribution in [1.29, 1.82) is 0 Å². The van der Waals surface area contributed by atoms with Gasteiger partial charge in [0.25, 0.3) is 0 Å². The number of para-hydroxylation sites is 1. The maximum absolute atomic E-state index is 3.73. The summed E-state index contributed by atoms with van der Waals surface area (Å²) in [6, 6.07) is 8.81. The van der Waals surface area contributed by atoms with Gasteiger partial charge in [-0.3, -0.25) is 0 Å². The Hall–Kier alpha value is -1.02. The molecule has 0 amide bonds. The molecule has 0 saturated heterocycles. The van der Waals surface area contributed by atoms with Crippen LogP contribution in [0.1, 0.15) is 39.7 Å². The number of hydrogen-bond acceptors (Lipinski definition) is 2. The second kappa shape index (κ2) is 5.31. The Labute approximate surface area is 111 Å². The predicted molar refractivity (Wildman–Crippen MR) is 79.0 cm³/mol. The molecule has 0 aliphatic carbocycles. The SMILES string of the molecule is CCC1(C)CN(CC(C)C)c2ccccc2CN1. The van der Waals surface area contributed by atoms with Crippen molar-refractivity contribution in [2.45, 2.75) is 46.2 Å². The summed E-state index contributed by atoms with van der Waals surface area (Å²) >= 11 is 0. The van der Waals surface area contributed by atoms with Crippen LogP contribution in [-0.2, 0) is 6.54 Å². The zero-order valence-electron chi connectivity index (χ0n) is 12.2. The summed E-state index contributed by atoms with van der Waals surface area (Å²) in [4.78, 5) is 2.56. The largest absolute Gasteiger partial charge is 0.369 e. The van der Waals surface area contributed by atoms with Crippen molar-refractivity contribution in [1.82, 2.24) is 5.32 Å². The van der Waals surface area contributed by atoms with E-state index in [1.807, 2.05) is 0 Å². The van der Waals surface area contributed by atoms with Gasteiger partial charge >= 0.3 is 0 Å². The average molecular weight is 246 g/mol. The van der Waals surface area contributed by atoms with Crippen LogP contribution in [0.3, 0.4) is 0 Å². The number of rotatable bonds is 3. The monoisotopic (exact) mass is 246 g/mol. The first-order chi connectivity index (χ1) is 8.54. The van der Waals surface area contributed by atoms with E-state index in [2.05, 4.69) is 62.2 Å². The fourth-order valence-electron chi connectivity index (χ4n) is 2.68. The van der Waals surface area contributed by atoms with Crippen LogP contribution in [0.15, 0.2) is 24.3 Å². The molecule has 0 saturated carbocycles. The quantitative estimate of drug-likeness (QED) is 0.879. The summed E-state index contributed by atoms with van der Waals surface area (Å²) in [6.45, 7) is 12.4. The predicted octanol–water partition coefficient (Wildman–Crippen LogP) is 3.42. The Bertz CT molecular complexity index is 400. The van der Waals surface area contributed by atoms with Gasteiger partial charge in [-0.15, -0.1) is 0 Å². The summed E-state index contributed by atoms with van der Waals surface area (Å²) in [5.74, 6) is 0.692. The van der Waals surface area contributed by atoms with Crippen LogP contribution in [0, 0.1) is 5.92 Å². The minimum absolute atomic E-state index is 0.216. The third-order valence-corrected chi connectivity index (χ3v) is 3.94. The van der Waals surface area contributed by atoms with Gasteiger partial charge in [0, 0.05) is 30.9 Å².